The van der Waals surface area contributed by atoms with Crippen LogP contribution in [0.5, 0.6) is 0 Å². The van der Waals surface area contributed by atoms with Crippen molar-refractivity contribution in [2.45, 2.75) is 44.6 Å². The highest BCUT2D eigenvalue weighted by atomic mass is 31.2. The van der Waals surface area contributed by atoms with Crippen molar-refractivity contribution in [3.63, 3.8) is 0 Å². The van der Waals surface area contributed by atoms with Crippen molar-refractivity contribution in [2.24, 2.45) is 0 Å². The summed E-state index contributed by atoms with van der Waals surface area (Å²) >= 11 is 0. The summed E-state index contributed by atoms with van der Waals surface area (Å²) in [6.07, 6.45) is 6.19. The lowest BCUT2D eigenvalue weighted by Gasteiger charge is -2.25. The van der Waals surface area contributed by atoms with Crippen molar-refractivity contribution >= 4 is 7.82 Å². The number of hydrogen-bond donors (Lipinski definition) is 0. The molecule has 1 rings (SSSR count). The van der Waals surface area contributed by atoms with Crippen molar-refractivity contribution < 1.29 is 18.1 Å². The second-order valence-electron chi connectivity index (χ2n) is 4.02. The van der Waals surface area contributed by atoms with Gasteiger partial charge in [-0.3, -0.25) is 13.6 Å². The largest absolute Gasteiger partial charge is 0.474 e. The maximum Gasteiger partial charge on any atom is 0.474 e. The third-order valence-corrected chi connectivity index (χ3v) is 4.28. The third-order valence-electron chi connectivity index (χ3n) is 2.87. The Morgan fingerprint density at radius 3 is 2.44 bits per heavy atom. The molecule has 1 aliphatic carbocycles. The summed E-state index contributed by atoms with van der Waals surface area (Å²) in [5.74, 6) is 0. The van der Waals surface area contributed by atoms with Gasteiger partial charge in [0.05, 0.1) is 6.10 Å². The van der Waals surface area contributed by atoms with Crippen molar-refractivity contribution in [1.29, 1.82) is 0 Å². The molecule has 0 saturated heterocycles. The van der Waals surface area contributed by atoms with Gasteiger partial charge in [0.1, 0.15) is 0 Å². The fourth-order valence-corrected chi connectivity index (χ4v) is 2.73. The number of rotatable bonds is 4. The molecule has 0 aromatic carbocycles. The maximum atomic E-state index is 11.9. The summed E-state index contributed by atoms with van der Waals surface area (Å²) in [6.45, 7) is 3.99. The Bertz CT molecular complexity index is 269. The quantitative estimate of drug-likeness (QED) is 0.562. The highest BCUT2D eigenvalue weighted by Crippen LogP contribution is 2.50. The van der Waals surface area contributed by atoms with Crippen LogP contribution in [0.25, 0.3) is 0 Å². The normalized spacial score (nSPS) is 23.9. The van der Waals surface area contributed by atoms with Crippen molar-refractivity contribution in [3.8, 4) is 0 Å². The molecule has 0 N–H and O–H groups in total. The second-order valence-corrected chi connectivity index (χ2v) is 5.85. The minimum absolute atomic E-state index is 0.203. The first kappa shape index (κ1) is 13.9. The van der Waals surface area contributed by atoms with Gasteiger partial charge in [-0.2, -0.15) is 0 Å². The Balaban J connectivity index is 2.61. The number of phosphoric acid groups is 1. The fraction of sp³-hybridized carbons (Fsp3) is 0.818. The van der Waals surface area contributed by atoms with Crippen LogP contribution in [0.1, 0.15) is 38.5 Å². The van der Waals surface area contributed by atoms with Crippen LogP contribution < -0.4 is 0 Å². The van der Waals surface area contributed by atoms with E-state index < -0.39 is 7.82 Å². The summed E-state index contributed by atoms with van der Waals surface area (Å²) in [6, 6.07) is 0. The van der Waals surface area contributed by atoms with Gasteiger partial charge < -0.3 is 0 Å². The molecular formula is C11H21O4P. The molecule has 5 heteroatoms. The first-order valence-corrected chi connectivity index (χ1v) is 7.15. The van der Waals surface area contributed by atoms with Crippen LogP contribution in [0.3, 0.4) is 0 Å². The average Bonchev–Trinajstić information content (AvgIpc) is 2.29. The SMILES string of the molecule is C=C1CCCCCCC1OP(=O)(OC)OC. The Morgan fingerprint density at radius 2 is 1.81 bits per heavy atom. The monoisotopic (exact) mass is 248 g/mol. The van der Waals surface area contributed by atoms with E-state index in [1.165, 1.54) is 27.1 Å². The van der Waals surface area contributed by atoms with E-state index in [2.05, 4.69) is 6.58 Å². The molecule has 0 aromatic rings. The molecule has 0 bridgehead atoms. The minimum Gasteiger partial charge on any atom is -0.290 e. The van der Waals surface area contributed by atoms with Crippen LogP contribution in [0.2, 0.25) is 0 Å². The van der Waals surface area contributed by atoms with Crippen molar-refractivity contribution in [1.82, 2.24) is 0 Å². The Morgan fingerprint density at radius 1 is 1.19 bits per heavy atom. The van der Waals surface area contributed by atoms with E-state index >= 15 is 0 Å². The predicted molar refractivity (Wildman–Crippen MR) is 63.3 cm³/mol. The predicted octanol–water partition coefficient (Wildman–Crippen LogP) is 3.68. The third kappa shape index (κ3) is 4.02. The summed E-state index contributed by atoms with van der Waals surface area (Å²) in [4.78, 5) is 0. The number of phosphoric ester groups is 1. The van der Waals surface area contributed by atoms with Crippen molar-refractivity contribution in [3.05, 3.63) is 12.2 Å². The van der Waals surface area contributed by atoms with Gasteiger partial charge in [-0.15, -0.1) is 0 Å². The molecule has 1 atom stereocenters. The maximum absolute atomic E-state index is 11.9. The lowest BCUT2D eigenvalue weighted by Crippen LogP contribution is -2.16. The van der Waals surface area contributed by atoms with Gasteiger partial charge in [0, 0.05) is 14.2 Å². The first-order chi connectivity index (χ1) is 7.61. The topological polar surface area (TPSA) is 44.8 Å². The van der Waals surface area contributed by atoms with Crippen LogP contribution in [0.15, 0.2) is 12.2 Å². The summed E-state index contributed by atoms with van der Waals surface area (Å²) in [7, 11) is -0.723. The second kappa shape index (κ2) is 6.55. The van der Waals surface area contributed by atoms with E-state index in [-0.39, 0.29) is 6.10 Å². The van der Waals surface area contributed by atoms with E-state index in [9.17, 15) is 4.57 Å². The molecule has 1 unspecified atom stereocenters. The van der Waals surface area contributed by atoms with Crippen LogP contribution in [-0.2, 0) is 18.1 Å². The number of hydrogen-bond acceptors (Lipinski definition) is 4. The van der Waals surface area contributed by atoms with Gasteiger partial charge in [-0.25, -0.2) is 4.57 Å². The van der Waals surface area contributed by atoms with E-state index in [1.807, 2.05) is 0 Å². The molecular weight excluding hydrogens is 227 g/mol. The van der Waals surface area contributed by atoms with Crippen LogP contribution in [-0.4, -0.2) is 20.3 Å². The molecule has 16 heavy (non-hydrogen) atoms. The van der Waals surface area contributed by atoms with Crippen LogP contribution in [0, 0.1) is 0 Å². The first-order valence-electron chi connectivity index (χ1n) is 5.69. The van der Waals surface area contributed by atoms with Gasteiger partial charge >= 0.3 is 7.82 Å². The molecule has 0 aliphatic heterocycles. The highest BCUT2D eigenvalue weighted by Gasteiger charge is 2.29. The molecule has 0 spiro atoms. The van der Waals surface area contributed by atoms with Gasteiger partial charge in [0.2, 0.25) is 0 Å². The van der Waals surface area contributed by atoms with E-state index in [0.717, 1.165) is 31.3 Å². The molecule has 0 heterocycles. The molecule has 1 fully saturated rings. The van der Waals surface area contributed by atoms with E-state index in [0.29, 0.717) is 0 Å². The summed E-state index contributed by atoms with van der Waals surface area (Å²) < 4.78 is 26.9. The Kier molecular flexibility index (Phi) is 5.70. The zero-order valence-electron chi connectivity index (χ0n) is 10.1. The molecule has 94 valence electrons. The van der Waals surface area contributed by atoms with Gasteiger partial charge in [-0.05, 0) is 24.8 Å². The lowest BCUT2D eigenvalue weighted by atomic mass is 9.95. The highest BCUT2D eigenvalue weighted by molar-refractivity contribution is 7.48. The zero-order chi connectivity index (χ0) is 12.0. The lowest BCUT2D eigenvalue weighted by molar-refractivity contribution is 0.112. The van der Waals surface area contributed by atoms with E-state index in [1.54, 1.807) is 0 Å². The summed E-state index contributed by atoms with van der Waals surface area (Å²) in [5, 5.41) is 0. The molecule has 0 amide bonds. The zero-order valence-corrected chi connectivity index (χ0v) is 11.0. The summed E-state index contributed by atoms with van der Waals surface area (Å²) in [5.41, 5.74) is 0.994. The molecule has 4 nitrogen and oxygen atoms in total. The van der Waals surface area contributed by atoms with Gasteiger partial charge in [0.25, 0.3) is 0 Å². The van der Waals surface area contributed by atoms with E-state index in [4.69, 9.17) is 13.6 Å². The fourth-order valence-electron chi connectivity index (χ4n) is 1.84. The Hall–Kier alpha value is -0.150. The molecule has 1 saturated carbocycles. The minimum atomic E-state index is -3.38. The van der Waals surface area contributed by atoms with Crippen molar-refractivity contribution in [2.75, 3.05) is 14.2 Å². The van der Waals surface area contributed by atoms with Crippen LogP contribution in [0.4, 0.5) is 0 Å². The molecule has 0 aromatic heterocycles. The molecule has 0 radical (unpaired) electrons. The van der Waals surface area contributed by atoms with Gasteiger partial charge in [-0.1, -0.05) is 25.8 Å². The average molecular weight is 248 g/mol. The smallest absolute Gasteiger partial charge is 0.290 e. The van der Waals surface area contributed by atoms with Crippen LogP contribution >= 0.6 is 7.82 Å². The van der Waals surface area contributed by atoms with Gasteiger partial charge in [0.15, 0.2) is 0 Å². The molecule has 1 aliphatic rings. The standard InChI is InChI=1S/C11H21O4P/c1-10-8-6-4-5-7-9-11(10)15-16(12,13-2)14-3/h11H,1,4-9H2,2-3H3. The Labute approximate surface area is 97.6 Å².